The average molecular weight is 294 g/mol. The summed E-state index contributed by atoms with van der Waals surface area (Å²) in [5.74, 6) is -0.371. The fourth-order valence-electron chi connectivity index (χ4n) is 1.10. The molecule has 1 aromatic rings. The highest BCUT2D eigenvalue weighted by atomic mass is 32.2. The molecule has 1 N–H and O–H groups in total. The summed E-state index contributed by atoms with van der Waals surface area (Å²) in [7, 11) is -6.88. The molecule has 1 rings (SSSR count). The SMILES string of the molecule is COc1cc(C(=O)S(=O)(=O)O)ccc1OP(=O)=O. The highest BCUT2D eigenvalue weighted by molar-refractivity contribution is 8.01. The van der Waals surface area contributed by atoms with Crippen molar-refractivity contribution in [2.45, 2.75) is 0 Å². The molecule has 0 fully saturated rings. The third kappa shape index (κ3) is 3.39. The molecule has 98 valence electrons. The first-order valence-corrected chi connectivity index (χ1v) is 6.81. The molecule has 1 aromatic carbocycles. The Labute approximate surface area is 102 Å². The van der Waals surface area contributed by atoms with E-state index >= 15 is 0 Å². The van der Waals surface area contributed by atoms with E-state index in [1.54, 1.807) is 0 Å². The highest BCUT2D eigenvalue weighted by Gasteiger charge is 2.22. The predicted molar refractivity (Wildman–Crippen MR) is 57.8 cm³/mol. The van der Waals surface area contributed by atoms with Crippen LogP contribution in [-0.2, 0) is 19.2 Å². The van der Waals surface area contributed by atoms with Gasteiger partial charge in [0.05, 0.1) is 7.11 Å². The molecule has 8 nitrogen and oxygen atoms in total. The molecule has 0 aromatic heterocycles. The zero-order valence-electron chi connectivity index (χ0n) is 8.89. The molecule has 0 radical (unpaired) electrons. The summed E-state index contributed by atoms with van der Waals surface area (Å²) in [5.41, 5.74) is -0.386. The van der Waals surface area contributed by atoms with Gasteiger partial charge in [0, 0.05) is 5.56 Å². The molecule has 0 saturated carbocycles. The summed E-state index contributed by atoms with van der Waals surface area (Å²) < 4.78 is 59.7. The lowest BCUT2D eigenvalue weighted by Gasteiger charge is -2.06. The van der Waals surface area contributed by atoms with Crippen molar-refractivity contribution in [3.63, 3.8) is 0 Å². The molecule has 0 heterocycles. The van der Waals surface area contributed by atoms with Crippen LogP contribution in [0.1, 0.15) is 10.4 Å². The molecule has 0 saturated heterocycles. The van der Waals surface area contributed by atoms with Crippen molar-refractivity contribution in [2.75, 3.05) is 7.11 Å². The maximum Gasteiger partial charge on any atom is 0.529 e. The summed E-state index contributed by atoms with van der Waals surface area (Å²) >= 11 is 0. The van der Waals surface area contributed by atoms with Crippen LogP contribution in [0.3, 0.4) is 0 Å². The van der Waals surface area contributed by atoms with Gasteiger partial charge in [-0.1, -0.05) is 0 Å². The Morgan fingerprint density at radius 1 is 1.28 bits per heavy atom. The van der Waals surface area contributed by atoms with Gasteiger partial charge in [-0.3, -0.25) is 9.35 Å². The smallest absolute Gasteiger partial charge is 0.493 e. The van der Waals surface area contributed by atoms with Crippen LogP contribution >= 0.6 is 7.91 Å². The van der Waals surface area contributed by atoms with Crippen LogP contribution in [0.2, 0.25) is 0 Å². The van der Waals surface area contributed by atoms with Crippen molar-refractivity contribution in [2.24, 2.45) is 0 Å². The van der Waals surface area contributed by atoms with E-state index in [2.05, 4.69) is 4.52 Å². The Balaban J connectivity index is 3.25. The van der Waals surface area contributed by atoms with E-state index in [1.807, 2.05) is 0 Å². The fraction of sp³-hybridized carbons (Fsp3) is 0.125. The van der Waals surface area contributed by atoms with E-state index in [9.17, 15) is 22.3 Å². The maximum atomic E-state index is 11.2. The van der Waals surface area contributed by atoms with E-state index in [-0.39, 0.29) is 17.1 Å². The van der Waals surface area contributed by atoms with Crippen LogP contribution in [0, 0.1) is 0 Å². The molecule has 0 aliphatic carbocycles. The first kappa shape index (κ1) is 14.4. The van der Waals surface area contributed by atoms with Gasteiger partial charge >= 0.3 is 23.1 Å². The topological polar surface area (TPSA) is 124 Å². The van der Waals surface area contributed by atoms with Gasteiger partial charge in [0.1, 0.15) is 0 Å². The number of ether oxygens (including phenoxy) is 1. The van der Waals surface area contributed by atoms with Gasteiger partial charge in [-0.25, -0.2) is 0 Å². The zero-order chi connectivity index (χ0) is 13.9. The number of hydrogen-bond acceptors (Lipinski definition) is 7. The fourth-order valence-corrected chi connectivity index (χ4v) is 1.84. The van der Waals surface area contributed by atoms with Gasteiger partial charge in [-0.2, -0.15) is 17.5 Å². The number of rotatable bonds is 4. The lowest BCUT2D eigenvalue weighted by Crippen LogP contribution is -2.13. The summed E-state index contributed by atoms with van der Waals surface area (Å²) in [5, 5.41) is -1.53. The third-order valence-electron chi connectivity index (χ3n) is 1.81. The van der Waals surface area contributed by atoms with Crippen molar-refractivity contribution < 1.29 is 36.2 Å². The van der Waals surface area contributed by atoms with Gasteiger partial charge < -0.3 is 9.26 Å². The minimum absolute atomic E-state index is 0.163. The van der Waals surface area contributed by atoms with Crippen molar-refractivity contribution >= 4 is 23.1 Å². The van der Waals surface area contributed by atoms with Crippen LogP contribution in [0.15, 0.2) is 18.2 Å². The zero-order valence-corrected chi connectivity index (χ0v) is 10.6. The molecular weight excluding hydrogens is 287 g/mol. The van der Waals surface area contributed by atoms with E-state index < -0.39 is 23.1 Å². The summed E-state index contributed by atoms with van der Waals surface area (Å²) in [6.07, 6.45) is 0. The number of benzene rings is 1. The van der Waals surface area contributed by atoms with Crippen molar-refractivity contribution in [1.82, 2.24) is 0 Å². The highest BCUT2D eigenvalue weighted by Crippen LogP contribution is 2.32. The van der Waals surface area contributed by atoms with E-state index in [0.29, 0.717) is 0 Å². The normalized spacial score (nSPS) is 10.8. The third-order valence-corrected chi connectivity index (χ3v) is 2.86. The predicted octanol–water partition coefficient (Wildman–Crippen LogP) is 1.19. The van der Waals surface area contributed by atoms with E-state index in [1.165, 1.54) is 7.11 Å². The first-order valence-electron chi connectivity index (χ1n) is 4.28. The number of hydrogen-bond donors (Lipinski definition) is 1. The number of carbonyl (C=O) groups excluding carboxylic acids is 1. The molecule has 0 spiro atoms. The second kappa shape index (κ2) is 5.30. The monoisotopic (exact) mass is 294 g/mol. The Bertz CT molecular complexity index is 637. The van der Waals surface area contributed by atoms with Crippen LogP contribution < -0.4 is 9.26 Å². The average Bonchev–Trinajstić information content (AvgIpc) is 2.26. The minimum atomic E-state index is -4.87. The molecular formula is C8H7O8PS. The molecule has 0 bridgehead atoms. The van der Waals surface area contributed by atoms with Gasteiger partial charge in [-0.05, 0) is 18.2 Å². The molecule has 10 heteroatoms. The second-order valence-electron chi connectivity index (χ2n) is 2.94. The van der Waals surface area contributed by atoms with E-state index in [0.717, 1.165) is 18.2 Å². The minimum Gasteiger partial charge on any atom is -0.493 e. The lowest BCUT2D eigenvalue weighted by molar-refractivity contribution is 0.106. The van der Waals surface area contributed by atoms with Gasteiger partial charge in [0.2, 0.25) is 0 Å². The Morgan fingerprint density at radius 3 is 2.33 bits per heavy atom. The van der Waals surface area contributed by atoms with Crippen molar-refractivity contribution in [1.29, 1.82) is 0 Å². The Kier molecular flexibility index (Phi) is 4.23. The molecule has 0 atom stereocenters. The number of methoxy groups -OCH3 is 1. The Morgan fingerprint density at radius 2 is 1.89 bits per heavy atom. The summed E-state index contributed by atoms with van der Waals surface area (Å²) in [6.45, 7) is 0. The van der Waals surface area contributed by atoms with Crippen molar-refractivity contribution in [3.8, 4) is 11.5 Å². The largest absolute Gasteiger partial charge is 0.529 e. The Hall–Kier alpha value is -1.70. The molecule has 0 aliphatic heterocycles. The van der Waals surface area contributed by atoms with Gasteiger partial charge in [0.15, 0.2) is 11.5 Å². The van der Waals surface area contributed by atoms with Crippen LogP contribution in [-0.4, -0.2) is 25.2 Å². The standard InChI is InChI=1S/C8H7O8PS/c1-15-7-4-5(8(9)18(12,13)14)2-3-6(7)16-17(10)11/h2-4H,1H3,(H,12,13,14). The maximum absolute atomic E-state index is 11.2. The van der Waals surface area contributed by atoms with Crippen LogP contribution in [0.4, 0.5) is 0 Å². The molecule has 0 aliphatic rings. The van der Waals surface area contributed by atoms with Crippen LogP contribution in [0.5, 0.6) is 11.5 Å². The molecule has 0 amide bonds. The molecule has 18 heavy (non-hydrogen) atoms. The van der Waals surface area contributed by atoms with Gasteiger partial charge in [0.25, 0.3) is 0 Å². The van der Waals surface area contributed by atoms with Gasteiger partial charge in [-0.15, -0.1) is 0 Å². The first-order chi connectivity index (χ1) is 8.25. The summed E-state index contributed by atoms with van der Waals surface area (Å²) in [6, 6.07) is 2.94. The second-order valence-corrected chi connectivity index (χ2v) is 4.89. The lowest BCUT2D eigenvalue weighted by atomic mass is 10.2. The summed E-state index contributed by atoms with van der Waals surface area (Å²) in [4.78, 5) is 11.2. The van der Waals surface area contributed by atoms with Crippen molar-refractivity contribution in [3.05, 3.63) is 23.8 Å². The quantitative estimate of drug-likeness (QED) is 0.648. The number of carbonyl (C=O) groups is 1. The van der Waals surface area contributed by atoms with E-state index in [4.69, 9.17) is 9.29 Å². The molecule has 0 unspecified atom stereocenters. The van der Waals surface area contributed by atoms with Crippen LogP contribution in [0.25, 0.3) is 0 Å².